The molecule has 1 atom stereocenters. The molecule has 1 unspecified atom stereocenters. The third-order valence-electron chi connectivity index (χ3n) is 7.29. The van der Waals surface area contributed by atoms with Gasteiger partial charge in [0.1, 0.15) is 11.0 Å². The van der Waals surface area contributed by atoms with Crippen LogP contribution in [0.1, 0.15) is 52.7 Å². The van der Waals surface area contributed by atoms with Gasteiger partial charge in [0, 0.05) is 37.6 Å². The van der Waals surface area contributed by atoms with E-state index in [4.69, 9.17) is 21.6 Å². The van der Waals surface area contributed by atoms with Crippen LogP contribution in [0.3, 0.4) is 0 Å². The number of nitrogens with zero attached hydrogens (tertiary/aromatic N) is 4. The number of fused-ring (bicyclic) bond motifs is 2. The average Bonchev–Trinajstić information content (AvgIpc) is 3.37. The maximum atomic E-state index is 6.18. The molecule has 6 rings (SSSR count). The summed E-state index contributed by atoms with van der Waals surface area (Å²) < 4.78 is 0. The second-order valence-corrected chi connectivity index (χ2v) is 10.3. The summed E-state index contributed by atoms with van der Waals surface area (Å²) in [6, 6.07) is 25.6. The molecule has 3 heterocycles. The van der Waals surface area contributed by atoms with Crippen LogP contribution in [0.5, 0.6) is 0 Å². The first-order valence-corrected chi connectivity index (χ1v) is 13.6. The van der Waals surface area contributed by atoms with Gasteiger partial charge in [-0.25, -0.2) is 9.97 Å². The Balaban J connectivity index is 1.19. The molecule has 0 amide bonds. The van der Waals surface area contributed by atoms with Crippen molar-refractivity contribution in [2.45, 2.75) is 51.5 Å². The number of pyridine rings is 2. The van der Waals surface area contributed by atoms with Crippen LogP contribution in [-0.2, 0) is 32.6 Å². The van der Waals surface area contributed by atoms with Crippen LogP contribution in [0.2, 0.25) is 5.15 Å². The van der Waals surface area contributed by atoms with Gasteiger partial charge in [0.05, 0.1) is 29.3 Å². The molecule has 2 aromatic carbocycles. The number of imidazole rings is 1. The largest absolute Gasteiger partial charge is 0.341 e. The Kier molecular flexibility index (Phi) is 7.45. The summed E-state index contributed by atoms with van der Waals surface area (Å²) in [5.41, 5.74) is 8.19. The highest BCUT2D eigenvalue weighted by atomic mass is 35.5. The number of hydrogen-bond donors (Lipinski definition) is 2. The molecule has 0 spiro atoms. The van der Waals surface area contributed by atoms with E-state index in [-0.39, 0.29) is 6.04 Å². The van der Waals surface area contributed by atoms with Gasteiger partial charge in [-0.3, -0.25) is 9.88 Å². The fraction of sp³-hybridized carbons (Fsp3) is 0.258. The number of hydrogen-bond acceptors (Lipinski definition) is 5. The quantitative estimate of drug-likeness (QED) is 0.220. The molecule has 1 aliphatic carbocycles. The monoisotopic (exact) mass is 522 g/mol. The van der Waals surface area contributed by atoms with Crippen molar-refractivity contribution in [2.75, 3.05) is 0 Å². The molecule has 0 aliphatic heterocycles. The van der Waals surface area contributed by atoms with Crippen molar-refractivity contribution in [1.29, 1.82) is 0 Å². The predicted molar refractivity (Wildman–Crippen MR) is 151 cm³/mol. The Morgan fingerprint density at radius 1 is 0.868 bits per heavy atom. The zero-order valence-electron chi connectivity index (χ0n) is 21.3. The first-order chi connectivity index (χ1) is 18.7. The number of halogens is 1. The maximum absolute atomic E-state index is 6.18. The highest BCUT2D eigenvalue weighted by molar-refractivity contribution is 6.30. The molecule has 0 saturated heterocycles. The summed E-state index contributed by atoms with van der Waals surface area (Å²) >= 11 is 6.18. The third kappa shape index (κ3) is 5.63. The Hall–Kier alpha value is -3.58. The number of benzene rings is 2. The highest BCUT2D eigenvalue weighted by Crippen LogP contribution is 2.34. The standard InChI is InChI=1S/C31H31ClN6/c32-31-25(8-5-17-35-31)19-33-18-22-12-14-23(15-13-22)20-38(21-29-36-26-9-1-2-10-27(26)37-29)28-11-3-6-24-7-4-16-34-30(24)28/h1-2,4-5,7-10,12-17,28,33H,3,6,11,18-21H2,(H,36,37). The van der Waals surface area contributed by atoms with Gasteiger partial charge in [0.2, 0.25) is 0 Å². The maximum Gasteiger partial charge on any atom is 0.133 e. The SMILES string of the molecule is Clc1ncccc1CNCc1ccc(CN(Cc2nc3ccccc3[nH]2)C2CCCc3cccnc32)cc1. The van der Waals surface area contributed by atoms with E-state index in [9.17, 15) is 0 Å². The van der Waals surface area contributed by atoms with Gasteiger partial charge in [0.15, 0.2) is 0 Å². The topological polar surface area (TPSA) is 69.7 Å². The fourth-order valence-corrected chi connectivity index (χ4v) is 5.57. The average molecular weight is 523 g/mol. The van der Waals surface area contributed by atoms with E-state index in [1.165, 1.54) is 28.8 Å². The van der Waals surface area contributed by atoms with Crippen molar-refractivity contribution in [3.8, 4) is 0 Å². The van der Waals surface area contributed by atoms with E-state index in [1.54, 1.807) is 6.20 Å². The van der Waals surface area contributed by atoms with Gasteiger partial charge < -0.3 is 10.3 Å². The lowest BCUT2D eigenvalue weighted by Gasteiger charge is -2.34. The van der Waals surface area contributed by atoms with Crippen molar-refractivity contribution >= 4 is 22.6 Å². The van der Waals surface area contributed by atoms with E-state index in [0.29, 0.717) is 11.7 Å². The number of nitrogens with one attached hydrogen (secondary N) is 2. The fourth-order valence-electron chi connectivity index (χ4n) is 5.38. The first kappa shape index (κ1) is 24.7. The van der Waals surface area contributed by atoms with Crippen LogP contribution in [0, 0.1) is 0 Å². The number of aromatic nitrogens is 4. The summed E-state index contributed by atoms with van der Waals surface area (Å²) in [5, 5.41) is 4.03. The summed E-state index contributed by atoms with van der Waals surface area (Å²) in [4.78, 5) is 19.9. The van der Waals surface area contributed by atoms with Gasteiger partial charge in [-0.05, 0) is 60.2 Å². The number of aryl methyl sites for hydroxylation is 1. The van der Waals surface area contributed by atoms with Gasteiger partial charge in [-0.1, -0.05) is 60.1 Å². The van der Waals surface area contributed by atoms with Crippen LogP contribution in [0.15, 0.2) is 85.2 Å². The van der Waals surface area contributed by atoms with E-state index < -0.39 is 0 Å². The molecule has 0 bridgehead atoms. The normalized spacial score (nSPS) is 15.2. The molecule has 7 heteroatoms. The van der Waals surface area contributed by atoms with Gasteiger partial charge >= 0.3 is 0 Å². The van der Waals surface area contributed by atoms with E-state index in [2.05, 4.69) is 68.7 Å². The van der Waals surface area contributed by atoms with E-state index in [1.807, 2.05) is 30.5 Å². The molecule has 0 fully saturated rings. The van der Waals surface area contributed by atoms with Crippen LogP contribution in [0.4, 0.5) is 0 Å². The Morgan fingerprint density at radius 3 is 2.55 bits per heavy atom. The molecule has 0 radical (unpaired) electrons. The molecule has 38 heavy (non-hydrogen) atoms. The van der Waals surface area contributed by atoms with Crippen LogP contribution < -0.4 is 5.32 Å². The second-order valence-electron chi connectivity index (χ2n) is 9.93. The van der Waals surface area contributed by atoms with Crippen molar-refractivity contribution in [3.63, 3.8) is 0 Å². The van der Waals surface area contributed by atoms with Crippen LogP contribution in [0.25, 0.3) is 11.0 Å². The minimum atomic E-state index is 0.263. The van der Waals surface area contributed by atoms with Gasteiger partial charge in [-0.15, -0.1) is 0 Å². The first-order valence-electron chi connectivity index (χ1n) is 13.2. The molecule has 5 aromatic rings. The zero-order chi connectivity index (χ0) is 25.7. The molecule has 3 aromatic heterocycles. The van der Waals surface area contributed by atoms with Crippen LogP contribution >= 0.6 is 11.6 Å². The van der Waals surface area contributed by atoms with E-state index in [0.717, 1.165) is 54.9 Å². The van der Waals surface area contributed by atoms with Gasteiger partial charge in [0.25, 0.3) is 0 Å². The predicted octanol–water partition coefficient (Wildman–Crippen LogP) is 6.38. The summed E-state index contributed by atoms with van der Waals surface area (Å²) in [6.45, 7) is 3.03. The number of rotatable bonds is 9. The summed E-state index contributed by atoms with van der Waals surface area (Å²) in [5.74, 6) is 0.990. The van der Waals surface area contributed by atoms with Gasteiger partial charge in [-0.2, -0.15) is 0 Å². The lowest BCUT2D eigenvalue weighted by atomic mass is 9.90. The Morgan fingerprint density at radius 2 is 1.68 bits per heavy atom. The second kappa shape index (κ2) is 11.4. The molecule has 0 saturated carbocycles. The van der Waals surface area contributed by atoms with Crippen molar-refractivity contribution in [3.05, 3.63) is 124 Å². The Bertz CT molecular complexity index is 1480. The lowest BCUT2D eigenvalue weighted by Crippen LogP contribution is -2.31. The molecular weight excluding hydrogens is 492 g/mol. The third-order valence-corrected chi connectivity index (χ3v) is 7.63. The highest BCUT2D eigenvalue weighted by Gasteiger charge is 2.28. The van der Waals surface area contributed by atoms with Crippen molar-refractivity contribution < 1.29 is 0 Å². The van der Waals surface area contributed by atoms with E-state index >= 15 is 0 Å². The summed E-state index contributed by atoms with van der Waals surface area (Å²) in [6.07, 6.45) is 7.01. The lowest BCUT2D eigenvalue weighted by molar-refractivity contribution is 0.153. The Labute approximate surface area is 228 Å². The zero-order valence-corrected chi connectivity index (χ0v) is 22.0. The number of para-hydroxylation sites is 2. The molecule has 6 nitrogen and oxygen atoms in total. The number of aromatic amines is 1. The molecule has 1 aliphatic rings. The van der Waals surface area contributed by atoms with Crippen molar-refractivity contribution in [1.82, 2.24) is 30.2 Å². The minimum Gasteiger partial charge on any atom is -0.341 e. The minimum absolute atomic E-state index is 0.263. The number of H-pyrrole nitrogens is 1. The molecular formula is C31H31ClN6. The van der Waals surface area contributed by atoms with Crippen molar-refractivity contribution in [2.24, 2.45) is 0 Å². The smallest absolute Gasteiger partial charge is 0.133 e. The van der Waals surface area contributed by atoms with Crippen LogP contribution in [-0.4, -0.2) is 24.8 Å². The molecule has 192 valence electrons. The molecule has 2 N–H and O–H groups in total. The summed E-state index contributed by atoms with van der Waals surface area (Å²) in [7, 11) is 0.